The van der Waals surface area contributed by atoms with Crippen LogP contribution in [0.5, 0.6) is 0 Å². The summed E-state index contributed by atoms with van der Waals surface area (Å²) in [5.41, 5.74) is 5.78. The molecule has 0 bridgehead atoms. The van der Waals surface area contributed by atoms with Crippen molar-refractivity contribution in [2.24, 2.45) is 10.7 Å². The molecule has 0 aliphatic rings. The van der Waals surface area contributed by atoms with Crippen LogP contribution in [0.4, 0.5) is 5.82 Å². The quantitative estimate of drug-likeness (QED) is 0.590. The molecule has 4 nitrogen and oxygen atoms in total. The lowest BCUT2D eigenvalue weighted by atomic mass is 10.2. The molecule has 0 radical (unpaired) electrons. The van der Waals surface area contributed by atoms with E-state index in [0.29, 0.717) is 5.82 Å². The first kappa shape index (κ1) is 13.3. The molecule has 0 spiro atoms. The van der Waals surface area contributed by atoms with Gasteiger partial charge in [0.25, 0.3) is 0 Å². The van der Waals surface area contributed by atoms with Crippen LogP contribution in [0.3, 0.4) is 0 Å². The van der Waals surface area contributed by atoms with Crippen LogP contribution in [-0.4, -0.2) is 23.4 Å². The SMILES string of the molecule is C=Nc1ncccc1/C=C/O.CCCN. The molecule has 0 fully saturated rings. The Labute approximate surface area is 90.2 Å². The fraction of sp³-hybridized carbons (Fsp3) is 0.273. The van der Waals surface area contributed by atoms with E-state index in [2.05, 4.69) is 23.6 Å². The van der Waals surface area contributed by atoms with Crippen molar-refractivity contribution in [1.82, 2.24) is 4.98 Å². The van der Waals surface area contributed by atoms with Gasteiger partial charge in [-0.15, -0.1) is 0 Å². The highest BCUT2D eigenvalue weighted by Crippen LogP contribution is 2.14. The summed E-state index contributed by atoms with van der Waals surface area (Å²) in [6.45, 7) is 6.22. The number of aliphatic hydroxyl groups is 1. The van der Waals surface area contributed by atoms with Gasteiger partial charge in [-0.05, 0) is 37.9 Å². The number of aromatic nitrogens is 1. The number of nitrogens with zero attached hydrogens (tertiary/aromatic N) is 2. The molecule has 0 atom stereocenters. The predicted molar refractivity (Wildman–Crippen MR) is 64.5 cm³/mol. The van der Waals surface area contributed by atoms with Gasteiger partial charge in [0.2, 0.25) is 0 Å². The van der Waals surface area contributed by atoms with E-state index in [4.69, 9.17) is 10.8 Å². The van der Waals surface area contributed by atoms with Gasteiger partial charge in [0.1, 0.15) is 0 Å². The molecule has 1 rings (SSSR count). The first-order valence-electron chi connectivity index (χ1n) is 4.72. The third-order valence-corrected chi connectivity index (χ3v) is 1.51. The van der Waals surface area contributed by atoms with Gasteiger partial charge in [-0.2, -0.15) is 0 Å². The Balaban J connectivity index is 0.000000423. The summed E-state index contributed by atoms with van der Waals surface area (Å²) < 4.78 is 0. The smallest absolute Gasteiger partial charge is 0.158 e. The topological polar surface area (TPSA) is 71.5 Å². The molecule has 1 heterocycles. The summed E-state index contributed by atoms with van der Waals surface area (Å²) in [7, 11) is 0. The Morgan fingerprint density at radius 1 is 1.67 bits per heavy atom. The summed E-state index contributed by atoms with van der Waals surface area (Å²) in [5.74, 6) is 0.526. The number of nitrogens with two attached hydrogens (primary N) is 1. The van der Waals surface area contributed by atoms with Gasteiger partial charge in [-0.3, -0.25) is 0 Å². The highest BCUT2D eigenvalue weighted by Gasteiger charge is 1.94. The van der Waals surface area contributed by atoms with Crippen LogP contribution in [0.15, 0.2) is 29.6 Å². The van der Waals surface area contributed by atoms with Crippen molar-refractivity contribution >= 4 is 18.6 Å². The maximum Gasteiger partial charge on any atom is 0.158 e. The van der Waals surface area contributed by atoms with E-state index in [1.807, 2.05) is 0 Å². The van der Waals surface area contributed by atoms with Crippen molar-refractivity contribution in [3.8, 4) is 0 Å². The van der Waals surface area contributed by atoms with Crippen LogP contribution in [0.25, 0.3) is 6.08 Å². The first-order chi connectivity index (χ1) is 7.29. The number of aliphatic hydroxyl groups excluding tert-OH is 1. The van der Waals surface area contributed by atoms with Crippen LogP contribution in [0.1, 0.15) is 18.9 Å². The summed E-state index contributed by atoms with van der Waals surface area (Å²) in [6, 6.07) is 3.56. The maximum absolute atomic E-state index is 8.47. The van der Waals surface area contributed by atoms with Gasteiger partial charge in [0.05, 0.1) is 6.26 Å². The average molecular weight is 207 g/mol. The van der Waals surface area contributed by atoms with Gasteiger partial charge in [0.15, 0.2) is 5.82 Å². The Morgan fingerprint density at radius 2 is 2.33 bits per heavy atom. The second-order valence-corrected chi connectivity index (χ2v) is 2.68. The van der Waals surface area contributed by atoms with Crippen molar-refractivity contribution in [3.63, 3.8) is 0 Å². The summed E-state index contributed by atoms with van der Waals surface area (Å²) >= 11 is 0. The van der Waals surface area contributed by atoms with E-state index in [1.165, 1.54) is 6.08 Å². The zero-order chi connectivity index (χ0) is 11.5. The molecule has 82 valence electrons. The minimum absolute atomic E-state index is 0.526. The van der Waals surface area contributed by atoms with E-state index >= 15 is 0 Å². The van der Waals surface area contributed by atoms with Gasteiger partial charge in [-0.1, -0.05) is 6.92 Å². The molecule has 0 aliphatic heterocycles. The summed E-state index contributed by atoms with van der Waals surface area (Å²) in [4.78, 5) is 7.59. The fourth-order valence-corrected chi connectivity index (χ4v) is 0.752. The van der Waals surface area contributed by atoms with E-state index in [0.717, 1.165) is 24.8 Å². The third-order valence-electron chi connectivity index (χ3n) is 1.51. The highest BCUT2D eigenvalue weighted by molar-refractivity contribution is 5.61. The van der Waals surface area contributed by atoms with Crippen molar-refractivity contribution in [3.05, 3.63) is 30.2 Å². The summed E-state index contributed by atoms with van der Waals surface area (Å²) in [6.07, 6.45) is 5.18. The Kier molecular flexibility index (Phi) is 7.90. The van der Waals surface area contributed by atoms with Crippen LogP contribution in [-0.2, 0) is 0 Å². The van der Waals surface area contributed by atoms with E-state index in [9.17, 15) is 0 Å². The molecule has 1 aromatic heterocycles. The first-order valence-corrected chi connectivity index (χ1v) is 4.72. The molecule has 0 saturated heterocycles. The number of hydrogen-bond acceptors (Lipinski definition) is 4. The second-order valence-electron chi connectivity index (χ2n) is 2.68. The van der Waals surface area contributed by atoms with Crippen LogP contribution >= 0.6 is 0 Å². The molecule has 1 aromatic rings. The van der Waals surface area contributed by atoms with Gasteiger partial charge in [0, 0.05) is 11.8 Å². The highest BCUT2D eigenvalue weighted by atomic mass is 16.2. The Hall–Kier alpha value is -1.68. The number of rotatable bonds is 3. The number of hydrogen-bond donors (Lipinski definition) is 2. The Bertz CT molecular complexity index is 308. The van der Waals surface area contributed by atoms with Gasteiger partial charge < -0.3 is 10.8 Å². The average Bonchev–Trinajstić information content (AvgIpc) is 2.30. The fourth-order valence-electron chi connectivity index (χ4n) is 0.752. The van der Waals surface area contributed by atoms with E-state index in [1.54, 1.807) is 18.3 Å². The van der Waals surface area contributed by atoms with Crippen molar-refractivity contribution in [2.45, 2.75) is 13.3 Å². The number of pyridine rings is 1. The van der Waals surface area contributed by atoms with Crippen molar-refractivity contribution < 1.29 is 5.11 Å². The zero-order valence-corrected chi connectivity index (χ0v) is 8.93. The van der Waals surface area contributed by atoms with Crippen LogP contribution in [0, 0.1) is 0 Å². The number of aliphatic imine (C=N–C) groups is 1. The maximum atomic E-state index is 8.47. The lowest BCUT2D eigenvalue weighted by Crippen LogP contribution is -1.93. The lowest BCUT2D eigenvalue weighted by Gasteiger charge is -1.95. The monoisotopic (exact) mass is 207 g/mol. The normalized spacial score (nSPS) is 9.47. The molecular weight excluding hydrogens is 190 g/mol. The lowest BCUT2D eigenvalue weighted by molar-refractivity contribution is 0.478. The molecule has 4 heteroatoms. The molecule has 0 amide bonds. The van der Waals surface area contributed by atoms with Crippen molar-refractivity contribution in [2.75, 3.05) is 6.54 Å². The van der Waals surface area contributed by atoms with Crippen LogP contribution in [0.2, 0.25) is 0 Å². The Morgan fingerprint density at radius 3 is 2.80 bits per heavy atom. The molecule has 15 heavy (non-hydrogen) atoms. The van der Waals surface area contributed by atoms with Crippen LogP contribution < -0.4 is 5.73 Å². The standard InChI is InChI=1S/C8H8N2O.C3H9N/c1-9-8-7(4-6-11)3-2-5-10-8;1-2-3-4/h2-6,11H,1H2;2-4H2,1H3/b6-4+;. The predicted octanol–water partition coefficient (Wildman–Crippen LogP) is 2.30. The molecular formula is C11H17N3O. The minimum Gasteiger partial charge on any atom is -0.516 e. The zero-order valence-electron chi connectivity index (χ0n) is 8.93. The third kappa shape index (κ3) is 5.59. The van der Waals surface area contributed by atoms with E-state index < -0.39 is 0 Å². The minimum atomic E-state index is 0.526. The molecule has 0 saturated carbocycles. The molecule has 0 aliphatic carbocycles. The summed E-state index contributed by atoms with van der Waals surface area (Å²) in [5, 5.41) is 8.47. The van der Waals surface area contributed by atoms with Gasteiger partial charge in [-0.25, -0.2) is 9.98 Å². The van der Waals surface area contributed by atoms with Crippen molar-refractivity contribution in [1.29, 1.82) is 0 Å². The van der Waals surface area contributed by atoms with E-state index in [-0.39, 0.29) is 0 Å². The second kappa shape index (κ2) is 8.90. The molecule has 0 aromatic carbocycles. The molecule has 0 unspecified atom stereocenters. The molecule has 3 N–H and O–H groups in total. The van der Waals surface area contributed by atoms with Gasteiger partial charge >= 0.3 is 0 Å². The largest absolute Gasteiger partial charge is 0.516 e.